The van der Waals surface area contributed by atoms with Gasteiger partial charge < -0.3 is 24.2 Å². The number of fused-ring (bicyclic) bond motifs is 3. The molecule has 0 aromatic carbocycles. The van der Waals surface area contributed by atoms with E-state index in [9.17, 15) is 15.2 Å². The number of piperidine rings is 1. The SMILES string of the molecule is CC(C)(O)COc1cc(-c2ccc(N3CC4C[C@@H](C3)N4C(=O)OC3CCOC3)nc2)c2c(C#N)cnn2c1. The van der Waals surface area contributed by atoms with Crippen molar-refractivity contribution in [3.63, 3.8) is 0 Å². The van der Waals surface area contributed by atoms with Crippen LogP contribution in [0.25, 0.3) is 16.6 Å². The normalized spacial score (nSPS) is 22.7. The highest BCUT2D eigenvalue weighted by Gasteiger charge is 2.49. The lowest BCUT2D eigenvalue weighted by molar-refractivity contribution is -0.0217. The van der Waals surface area contributed by atoms with Gasteiger partial charge in [-0.2, -0.15) is 10.4 Å². The maximum Gasteiger partial charge on any atom is 0.410 e. The number of carbonyl (C=O) groups is 1. The highest BCUT2D eigenvalue weighted by atomic mass is 16.6. The van der Waals surface area contributed by atoms with Crippen molar-refractivity contribution in [3.05, 3.63) is 42.4 Å². The first-order chi connectivity index (χ1) is 18.3. The van der Waals surface area contributed by atoms with Crippen LogP contribution in [0.3, 0.4) is 0 Å². The molecule has 4 aliphatic rings. The molecule has 2 bridgehead atoms. The third-order valence-corrected chi connectivity index (χ3v) is 7.24. The minimum Gasteiger partial charge on any atom is -0.489 e. The van der Waals surface area contributed by atoms with Crippen molar-refractivity contribution >= 4 is 17.4 Å². The first kappa shape index (κ1) is 24.5. The molecule has 1 N–H and O–H groups in total. The first-order valence-corrected chi connectivity index (χ1v) is 12.8. The number of pyridine rings is 2. The Morgan fingerprint density at radius 2 is 2.11 bits per heavy atom. The summed E-state index contributed by atoms with van der Waals surface area (Å²) in [7, 11) is 0. The van der Waals surface area contributed by atoms with Gasteiger partial charge in [0.1, 0.15) is 30.3 Å². The molecular weight excluding hydrogens is 488 g/mol. The van der Waals surface area contributed by atoms with E-state index >= 15 is 0 Å². The highest BCUT2D eigenvalue weighted by Crippen LogP contribution is 2.36. The van der Waals surface area contributed by atoms with Gasteiger partial charge in [0.15, 0.2) is 0 Å². The van der Waals surface area contributed by atoms with Crippen molar-refractivity contribution in [1.82, 2.24) is 19.5 Å². The summed E-state index contributed by atoms with van der Waals surface area (Å²) in [6, 6.07) is 8.20. The largest absolute Gasteiger partial charge is 0.489 e. The van der Waals surface area contributed by atoms with Crippen LogP contribution in [0.4, 0.5) is 10.6 Å². The van der Waals surface area contributed by atoms with Gasteiger partial charge in [-0.3, -0.25) is 4.90 Å². The monoisotopic (exact) mass is 518 g/mol. The number of ether oxygens (including phenoxy) is 3. The summed E-state index contributed by atoms with van der Waals surface area (Å²) >= 11 is 0. The smallest absolute Gasteiger partial charge is 0.410 e. The van der Waals surface area contributed by atoms with Crippen LogP contribution in [0.1, 0.15) is 32.3 Å². The molecule has 1 amide bonds. The Labute approximate surface area is 220 Å². The molecule has 0 aliphatic carbocycles. The van der Waals surface area contributed by atoms with Crippen LogP contribution in [-0.2, 0) is 9.47 Å². The Morgan fingerprint density at radius 1 is 1.29 bits per heavy atom. The summed E-state index contributed by atoms with van der Waals surface area (Å²) in [4.78, 5) is 21.5. The number of nitriles is 1. The number of hydrogen-bond acceptors (Lipinski definition) is 9. The molecule has 38 heavy (non-hydrogen) atoms. The number of rotatable bonds is 6. The minimum absolute atomic E-state index is 0.109. The molecule has 4 aliphatic heterocycles. The molecule has 7 rings (SSSR count). The Hall–Kier alpha value is -3.88. The van der Waals surface area contributed by atoms with Gasteiger partial charge in [-0.05, 0) is 38.5 Å². The van der Waals surface area contributed by atoms with E-state index in [1.807, 2.05) is 23.1 Å². The fourth-order valence-corrected chi connectivity index (χ4v) is 5.37. The Morgan fingerprint density at radius 3 is 2.76 bits per heavy atom. The Bertz CT molecular complexity index is 1370. The fraction of sp³-hybridized carbons (Fsp3) is 0.481. The topological polar surface area (TPSA) is 125 Å². The van der Waals surface area contributed by atoms with Gasteiger partial charge in [0.25, 0.3) is 0 Å². The van der Waals surface area contributed by atoms with Crippen molar-refractivity contribution in [2.24, 2.45) is 0 Å². The van der Waals surface area contributed by atoms with Gasteiger partial charge in [-0.1, -0.05) is 0 Å². The quantitative estimate of drug-likeness (QED) is 0.524. The van der Waals surface area contributed by atoms with Gasteiger partial charge in [0.2, 0.25) is 0 Å². The van der Waals surface area contributed by atoms with Crippen LogP contribution < -0.4 is 9.64 Å². The molecule has 3 atom stereocenters. The molecule has 198 valence electrons. The third kappa shape index (κ3) is 4.61. The van der Waals surface area contributed by atoms with Crippen LogP contribution in [0.5, 0.6) is 5.75 Å². The van der Waals surface area contributed by atoms with Crippen molar-refractivity contribution in [1.29, 1.82) is 5.26 Å². The third-order valence-electron chi connectivity index (χ3n) is 7.24. The zero-order valence-corrected chi connectivity index (χ0v) is 21.4. The van der Waals surface area contributed by atoms with E-state index in [1.54, 1.807) is 30.8 Å². The van der Waals surface area contributed by atoms with Crippen LogP contribution in [0, 0.1) is 11.3 Å². The van der Waals surface area contributed by atoms with Crippen molar-refractivity contribution in [2.45, 2.75) is 50.5 Å². The number of carbonyl (C=O) groups excluding carboxylic acids is 1. The summed E-state index contributed by atoms with van der Waals surface area (Å²) < 4.78 is 18.4. The van der Waals surface area contributed by atoms with Gasteiger partial charge in [-0.15, -0.1) is 0 Å². The lowest BCUT2D eigenvalue weighted by atomic mass is 9.88. The molecule has 0 saturated carbocycles. The van der Waals surface area contributed by atoms with Crippen LogP contribution in [0.2, 0.25) is 0 Å². The average Bonchev–Trinajstić information content (AvgIpc) is 3.56. The summed E-state index contributed by atoms with van der Waals surface area (Å²) in [5, 5.41) is 24.0. The summed E-state index contributed by atoms with van der Waals surface area (Å²) in [6.07, 6.45) is 6.35. The molecule has 11 heteroatoms. The molecule has 3 aromatic heterocycles. The van der Waals surface area contributed by atoms with E-state index in [0.29, 0.717) is 43.1 Å². The molecule has 4 fully saturated rings. The standard InChI is InChI=1S/C27H30N6O5/c1-27(2,35)16-37-22-8-23(25-18(9-28)11-30-32(25)14-22)17-3-4-24(29-10-17)31-12-19-7-20(13-31)33(19)26(34)38-21-5-6-36-15-21/h3-4,8,10-11,14,19-21,35H,5-7,12-13,15-16H2,1-2H3/t19-,20?,21?/m0/s1. The van der Waals surface area contributed by atoms with Gasteiger partial charge in [-0.25, -0.2) is 14.3 Å². The van der Waals surface area contributed by atoms with E-state index in [-0.39, 0.29) is 30.9 Å². The van der Waals surface area contributed by atoms with Crippen molar-refractivity contribution in [2.75, 3.05) is 37.8 Å². The summed E-state index contributed by atoms with van der Waals surface area (Å²) in [6.45, 7) is 5.98. The lowest BCUT2D eigenvalue weighted by Crippen LogP contribution is -2.70. The van der Waals surface area contributed by atoms with Crippen LogP contribution in [-0.4, -0.2) is 87.4 Å². The summed E-state index contributed by atoms with van der Waals surface area (Å²) in [5.74, 6) is 1.36. The molecule has 4 saturated heterocycles. The first-order valence-electron chi connectivity index (χ1n) is 12.8. The number of anilines is 1. The molecule has 7 heterocycles. The Balaban J connectivity index is 1.19. The molecule has 3 aromatic rings. The molecule has 11 nitrogen and oxygen atoms in total. The van der Waals surface area contributed by atoms with Crippen LogP contribution in [0.15, 0.2) is 36.8 Å². The summed E-state index contributed by atoms with van der Waals surface area (Å²) in [5.41, 5.74) is 1.70. The van der Waals surface area contributed by atoms with Crippen molar-refractivity contribution < 1.29 is 24.1 Å². The molecule has 0 radical (unpaired) electrons. The van der Waals surface area contributed by atoms with E-state index in [0.717, 1.165) is 29.8 Å². The van der Waals surface area contributed by atoms with Gasteiger partial charge in [0, 0.05) is 36.8 Å². The number of amides is 1. The molecule has 2 unspecified atom stereocenters. The molecular formula is C27H30N6O5. The second-order valence-corrected chi connectivity index (χ2v) is 10.8. The van der Waals surface area contributed by atoms with E-state index in [2.05, 4.69) is 16.1 Å². The number of aliphatic hydroxyl groups is 1. The minimum atomic E-state index is -0.993. The predicted octanol–water partition coefficient (Wildman–Crippen LogP) is 2.61. The van der Waals surface area contributed by atoms with Crippen molar-refractivity contribution in [3.8, 4) is 22.9 Å². The number of aromatic nitrogens is 3. The van der Waals surface area contributed by atoms with Crippen LogP contribution >= 0.6 is 0 Å². The van der Waals surface area contributed by atoms with Gasteiger partial charge in [0.05, 0.1) is 54.4 Å². The lowest BCUT2D eigenvalue weighted by Gasteiger charge is -2.55. The maximum absolute atomic E-state index is 12.7. The molecule has 0 spiro atoms. The van der Waals surface area contributed by atoms with Gasteiger partial charge >= 0.3 is 6.09 Å². The number of piperazine rings is 1. The average molecular weight is 519 g/mol. The number of hydrogen-bond donors (Lipinski definition) is 1. The van der Waals surface area contributed by atoms with E-state index < -0.39 is 5.60 Å². The second kappa shape index (κ2) is 9.45. The predicted molar refractivity (Wildman–Crippen MR) is 137 cm³/mol. The second-order valence-electron chi connectivity index (χ2n) is 10.8. The highest BCUT2D eigenvalue weighted by molar-refractivity contribution is 5.85. The fourth-order valence-electron chi connectivity index (χ4n) is 5.37. The maximum atomic E-state index is 12.7. The van der Waals surface area contributed by atoms with E-state index in [4.69, 9.17) is 19.2 Å². The zero-order valence-electron chi connectivity index (χ0n) is 21.4. The Kier molecular flexibility index (Phi) is 6.08. The zero-order chi connectivity index (χ0) is 26.4. The number of nitrogens with zero attached hydrogens (tertiary/aromatic N) is 6. The van der Waals surface area contributed by atoms with E-state index in [1.165, 1.54) is 6.20 Å².